The summed E-state index contributed by atoms with van der Waals surface area (Å²) in [6.45, 7) is 4.02. The highest BCUT2D eigenvalue weighted by atomic mass is 35.5. The number of halogens is 1. The standard InChI is InChI=1S/C15H18ClNO2/c1-11-13(5-3-6-14(11)16)12-9-17(10-12)15(18)7-4-8-19-2/h3-7,12H,8-10H2,1-2H3. The molecule has 1 fully saturated rings. The number of ether oxygens (including phenoxy) is 1. The highest BCUT2D eigenvalue weighted by Crippen LogP contribution is 2.32. The number of hydrogen-bond donors (Lipinski definition) is 0. The van der Waals surface area contributed by atoms with Crippen molar-refractivity contribution in [2.75, 3.05) is 26.8 Å². The second-order valence-corrected chi connectivity index (χ2v) is 5.16. The minimum atomic E-state index is 0.0491. The monoisotopic (exact) mass is 279 g/mol. The van der Waals surface area contributed by atoms with Crippen LogP contribution in [0.4, 0.5) is 0 Å². The molecule has 1 saturated heterocycles. The number of methoxy groups -OCH3 is 1. The summed E-state index contributed by atoms with van der Waals surface area (Å²) in [5, 5.41) is 0.794. The van der Waals surface area contributed by atoms with Crippen molar-refractivity contribution < 1.29 is 9.53 Å². The van der Waals surface area contributed by atoms with Gasteiger partial charge in [0.15, 0.2) is 0 Å². The molecule has 0 unspecified atom stereocenters. The lowest BCUT2D eigenvalue weighted by Gasteiger charge is -2.39. The number of amides is 1. The maximum atomic E-state index is 11.8. The first-order valence-electron chi connectivity index (χ1n) is 6.33. The van der Waals surface area contributed by atoms with Crippen LogP contribution in [-0.4, -0.2) is 37.6 Å². The molecular formula is C15H18ClNO2. The first-order chi connectivity index (χ1) is 9.13. The van der Waals surface area contributed by atoms with Crippen LogP contribution in [0.3, 0.4) is 0 Å². The van der Waals surface area contributed by atoms with Crippen LogP contribution in [0.15, 0.2) is 30.4 Å². The van der Waals surface area contributed by atoms with Crippen LogP contribution >= 0.6 is 11.6 Å². The summed E-state index contributed by atoms with van der Waals surface area (Å²) in [5.41, 5.74) is 2.37. The molecule has 0 aliphatic carbocycles. The molecule has 4 heteroatoms. The van der Waals surface area contributed by atoms with Gasteiger partial charge in [-0.1, -0.05) is 29.8 Å². The Kier molecular flexibility index (Phi) is 4.61. The Hall–Kier alpha value is -1.32. The molecule has 1 aliphatic heterocycles. The van der Waals surface area contributed by atoms with Crippen molar-refractivity contribution in [1.82, 2.24) is 4.90 Å². The van der Waals surface area contributed by atoms with Crippen molar-refractivity contribution >= 4 is 17.5 Å². The smallest absolute Gasteiger partial charge is 0.246 e. The Morgan fingerprint density at radius 1 is 1.53 bits per heavy atom. The van der Waals surface area contributed by atoms with Gasteiger partial charge in [-0.2, -0.15) is 0 Å². The molecule has 19 heavy (non-hydrogen) atoms. The van der Waals surface area contributed by atoms with Crippen molar-refractivity contribution in [3.63, 3.8) is 0 Å². The van der Waals surface area contributed by atoms with Gasteiger partial charge in [-0.3, -0.25) is 4.79 Å². The first-order valence-corrected chi connectivity index (χ1v) is 6.70. The van der Waals surface area contributed by atoms with E-state index in [-0.39, 0.29) is 5.91 Å². The number of hydrogen-bond acceptors (Lipinski definition) is 2. The van der Waals surface area contributed by atoms with Gasteiger partial charge in [0.25, 0.3) is 0 Å². The highest BCUT2D eigenvalue weighted by Gasteiger charge is 2.31. The third-order valence-corrected chi connectivity index (χ3v) is 3.88. The maximum Gasteiger partial charge on any atom is 0.246 e. The summed E-state index contributed by atoms with van der Waals surface area (Å²) in [5.74, 6) is 0.450. The molecule has 3 nitrogen and oxygen atoms in total. The molecule has 0 N–H and O–H groups in total. The Bertz CT molecular complexity index is 493. The van der Waals surface area contributed by atoms with Crippen LogP contribution < -0.4 is 0 Å². The maximum absolute atomic E-state index is 11.8. The number of carbonyl (C=O) groups is 1. The van der Waals surface area contributed by atoms with E-state index in [0.717, 1.165) is 23.7 Å². The van der Waals surface area contributed by atoms with E-state index in [4.69, 9.17) is 16.3 Å². The lowest BCUT2D eigenvalue weighted by molar-refractivity contribution is -0.130. The summed E-state index contributed by atoms with van der Waals surface area (Å²) < 4.78 is 4.87. The zero-order valence-electron chi connectivity index (χ0n) is 11.2. The molecule has 1 aromatic rings. The second kappa shape index (κ2) is 6.22. The van der Waals surface area contributed by atoms with Crippen molar-refractivity contribution in [2.45, 2.75) is 12.8 Å². The van der Waals surface area contributed by atoms with Crippen molar-refractivity contribution in [3.8, 4) is 0 Å². The van der Waals surface area contributed by atoms with Gasteiger partial charge < -0.3 is 9.64 Å². The molecule has 1 heterocycles. The molecule has 1 aromatic carbocycles. The van der Waals surface area contributed by atoms with E-state index in [2.05, 4.69) is 6.07 Å². The van der Waals surface area contributed by atoms with Gasteiger partial charge in [0, 0.05) is 37.2 Å². The fraction of sp³-hybridized carbons (Fsp3) is 0.400. The zero-order chi connectivity index (χ0) is 13.8. The number of carbonyl (C=O) groups excluding carboxylic acids is 1. The van der Waals surface area contributed by atoms with Crippen LogP contribution in [0.1, 0.15) is 17.0 Å². The van der Waals surface area contributed by atoms with Gasteiger partial charge in [0.05, 0.1) is 6.61 Å². The predicted octanol–water partition coefficient (Wildman–Crippen LogP) is 2.78. The molecular weight excluding hydrogens is 262 g/mol. The average molecular weight is 280 g/mol. The van der Waals surface area contributed by atoms with Crippen molar-refractivity contribution in [1.29, 1.82) is 0 Å². The first kappa shape index (κ1) is 14.1. The SMILES string of the molecule is COCC=CC(=O)N1CC(c2cccc(Cl)c2C)C1. The van der Waals surface area contributed by atoms with Crippen LogP contribution in [0, 0.1) is 6.92 Å². The van der Waals surface area contributed by atoms with Gasteiger partial charge >= 0.3 is 0 Å². The van der Waals surface area contributed by atoms with E-state index in [1.807, 2.05) is 24.0 Å². The van der Waals surface area contributed by atoms with Crippen LogP contribution in [0.2, 0.25) is 5.02 Å². The summed E-state index contributed by atoms with van der Waals surface area (Å²) in [4.78, 5) is 13.6. The minimum absolute atomic E-state index is 0.0491. The van der Waals surface area contributed by atoms with Gasteiger partial charge in [0.1, 0.15) is 0 Å². The fourth-order valence-corrected chi connectivity index (χ4v) is 2.45. The van der Waals surface area contributed by atoms with E-state index in [1.165, 1.54) is 5.56 Å². The zero-order valence-corrected chi connectivity index (χ0v) is 12.0. The van der Waals surface area contributed by atoms with E-state index in [9.17, 15) is 4.79 Å². The molecule has 0 aromatic heterocycles. The molecule has 0 saturated carbocycles. The van der Waals surface area contributed by atoms with E-state index in [0.29, 0.717) is 12.5 Å². The quantitative estimate of drug-likeness (QED) is 0.793. The van der Waals surface area contributed by atoms with Crippen LogP contribution in [0.5, 0.6) is 0 Å². The number of rotatable bonds is 4. The molecule has 1 aliphatic rings. The van der Waals surface area contributed by atoms with Gasteiger partial charge in [-0.25, -0.2) is 0 Å². The minimum Gasteiger partial charge on any atom is -0.381 e. The topological polar surface area (TPSA) is 29.5 Å². The Morgan fingerprint density at radius 2 is 2.26 bits per heavy atom. The Morgan fingerprint density at radius 3 is 2.95 bits per heavy atom. The van der Waals surface area contributed by atoms with Gasteiger partial charge in [-0.15, -0.1) is 0 Å². The fourth-order valence-electron chi connectivity index (χ4n) is 2.27. The van der Waals surface area contributed by atoms with E-state index in [1.54, 1.807) is 19.3 Å². The summed E-state index contributed by atoms with van der Waals surface area (Å²) in [7, 11) is 1.61. The van der Waals surface area contributed by atoms with Gasteiger partial charge in [-0.05, 0) is 24.1 Å². The molecule has 0 spiro atoms. The normalized spacial score (nSPS) is 15.8. The molecule has 1 amide bonds. The summed E-state index contributed by atoms with van der Waals surface area (Å²) in [6.07, 6.45) is 3.31. The third kappa shape index (κ3) is 3.17. The lowest BCUT2D eigenvalue weighted by atomic mass is 9.88. The average Bonchev–Trinajstić information content (AvgIpc) is 2.33. The number of benzene rings is 1. The van der Waals surface area contributed by atoms with Crippen LogP contribution in [0.25, 0.3) is 0 Å². The largest absolute Gasteiger partial charge is 0.381 e. The summed E-state index contributed by atoms with van der Waals surface area (Å²) >= 11 is 6.12. The van der Waals surface area contributed by atoms with Crippen molar-refractivity contribution in [3.05, 3.63) is 46.5 Å². The lowest BCUT2D eigenvalue weighted by Crippen LogP contribution is -2.48. The van der Waals surface area contributed by atoms with Crippen LogP contribution in [-0.2, 0) is 9.53 Å². The molecule has 0 bridgehead atoms. The second-order valence-electron chi connectivity index (χ2n) is 4.75. The third-order valence-electron chi connectivity index (χ3n) is 3.47. The van der Waals surface area contributed by atoms with Gasteiger partial charge in [0.2, 0.25) is 5.91 Å². The molecule has 0 radical (unpaired) electrons. The molecule has 0 atom stereocenters. The summed E-state index contributed by atoms with van der Waals surface area (Å²) in [6, 6.07) is 5.96. The van der Waals surface area contributed by atoms with E-state index < -0.39 is 0 Å². The van der Waals surface area contributed by atoms with E-state index >= 15 is 0 Å². The molecule has 2 rings (SSSR count). The molecule has 102 valence electrons. The Labute approximate surface area is 118 Å². The Balaban J connectivity index is 1.92. The predicted molar refractivity (Wildman–Crippen MR) is 76.5 cm³/mol. The number of likely N-dealkylation sites (tertiary alicyclic amines) is 1. The number of nitrogens with zero attached hydrogens (tertiary/aromatic N) is 1. The highest BCUT2D eigenvalue weighted by molar-refractivity contribution is 6.31. The van der Waals surface area contributed by atoms with Crippen molar-refractivity contribution in [2.24, 2.45) is 0 Å².